The van der Waals surface area contributed by atoms with Gasteiger partial charge in [-0.15, -0.1) is 0 Å². The zero-order chi connectivity index (χ0) is 23.5. The number of hydrogen-bond donors (Lipinski definition) is 2. The van der Waals surface area contributed by atoms with Crippen molar-refractivity contribution in [3.05, 3.63) is 63.9 Å². The molecule has 2 aliphatic heterocycles. The highest BCUT2D eigenvalue weighted by atomic mass is 32.1. The van der Waals surface area contributed by atoms with Crippen LogP contribution in [0.5, 0.6) is 17.2 Å². The highest BCUT2D eigenvalue weighted by Crippen LogP contribution is 2.33. The van der Waals surface area contributed by atoms with Crippen LogP contribution in [0.2, 0.25) is 0 Å². The number of fused-ring (bicyclic) bond motifs is 2. The molecular weight excluding hydrogens is 454 g/mol. The van der Waals surface area contributed by atoms with E-state index in [1.54, 1.807) is 7.11 Å². The summed E-state index contributed by atoms with van der Waals surface area (Å²) in [6.45, 7) is 2.50. The molecule has 0 amide bonds. The molecule has 0 radical (unpaired) electrons. The number of nitrogens with zero attached hydrogens (tertiary/aromatic N) is 1. The molecule has 178 valence electrons. The van der Waals surface area contributed by atoms with Crippen LogP contribution < -0.4 is 25.1 Å². The molecule has 1 fully saturated rings. The molecule has 5 rings (SSSR count). The zero-order valence-corrected chi connectivity index (χ0v) is 19.8. The molecule has 2 aromatic carbocycles. The number of nitrogens with one attached hydrogen (secondary N) is 2. The number of thiocarbonyl (C=S) groups is 1. The second-order valence-electron chi connectivity index (χ2n) is 8.44. The van der Waals surface area contributed by atoms with Gasteiger partial charge in [0, 0.05) is 36.2 Å². The highest BCUT2D eigenvalue weighted by molar-refractivity contribution is 7.80. The standard InChI is InChI=1S/C25H27N3O5S/c1-30-19-5-6-21-17(11-19)10-18(24(29)27-21)14-28(25(34)26-12-20-3-2-8-31-20)13-16-4-7-22-23(9-16)33-15-32-22/h4-7,9-11,20H,2-3,8,12-15H2,1H3,(H,26,34)(H,27,29). The Kier molecular flexibility index (Phi) is 6.55. The predicted molar refractivity (Wildman–Crippen MR) is 133 cm³/mol. The molecule has 3 aromatic rings. The Hall–Kier alpha value is -3.30. The van der Waals surface area contributed by atoms with E-state index in [4.69, 9.17) is 31.2 Å². The summed E-state index contributed by atoms with van der Waals surface area (Å²) in [6, 6.07) is 13.3. The second kappa shape index (κ2) is 9.90. The largest absolute Gasteiger partial charge is 0.497 e. The Morgan fingerprint density at radius 1 is 1.18 bits per heavy atom. The first-order chi connectivity index (χ1) is 16.6. The minimum atomic E-state index is -0.143. The zero-order valence-electron chi connectivity index (χ0n) is 19.0. The van der Waals surface area contributed by atoms with E-state index in [0.717, 1.165) is 47.4 Å². The van der Waals surface area contributed by atoms with Gasteiger partial charge in [0.25, 0.3) is 5.56 Å². The third-order valence-corrected chi connectivity index (χ3v) is 6.49. The lowest BCUT2D eigenvalue weighted by Gasteiger charge is -2.27. The van der Waals surface area contributed by atoms with Crippen LogP contribution in [-0.2, 0) is 17.8 Å². The quantitative estimate of drug-likeness (QED) is 0.497. The Bertz CT molecular complexity index is 1260. The first-order valence-corrected chi connectivity index (χ1v) is 11.7. The smallest absolute Gasteiger partial charge is 0.253 e. The Balaban J connectivity index is 1.40. The Morgan fingerprint density at radius 3 is 2.88 bits per heavy atom. The topological polar surface area (TPSA) is 85.1 Å². The predicted octanol–water partition coefficient (Wildman–Crippen LogP) is 3.32. The second-order valence-corrected chi connectivity index (χ2v) is 8.83. The number of aromatic nitrogens is 1. The molecule has 0 bridgehead atoms. The third kappa shape index (κ3) is 4.95. The molecule has 3 heterocycles. The Morgan fingerprint density at radius 2 is 2.06 bits per heavy atom. The van der Waals surface area contributed by atoms with Gasteiger partial charge in [0.1, 0.15) is 5.75 Å². The summed E-state index contributed by atoms with van der Waals surface area (Å²) < 4.78 is 22.0. The van der Waals surface area contributed by atoms with Crippen LogP contribution in [0.15, 0.2) is 47.3 Å². The van der Waals surface area contributed by atoms with Crippen LogP contribution in [-0.4, -0.2) is 48.2 Å². The van der Waals surface area contributed by atoms with Crippen LogP contribution >= 0.6 is 12.2 Å². The van der Waals surface area contributed by atoms with E-state index in [0.29, 0.717) is 36.1 Å². The molecular formula is C25H27N3O5S. The highest BCUT2D eigenvalue weighted by Gasteiger charge is 2.20. The summed E-state index contributed by atoms with van der Waals surface area (Å²) in [4.78, 5) is 17.8. The summed E-state index contributed by atoms with van der Waals surface area (Å²) in [6.07, 6.45) is 2.24. The van der Waals surface area contributed by atoms with Gasteiger partial charge in [0.15, 0.2) is 16.6 Å². The van der Waals surface area contributed by atoms with Gasteiger partial charge >= 0.3 is 0 Å². The minimum absolute atomic E-state index is 0.143. The first-order valence-electron chi connectivity index (χ1n) is 11.3. The lowest BCUT2D eigenvalue weighted by atomic mass is 10.1. The van der Waals surface area contributed by atoms with Crippen molar-refractivity contribution < 1.29 is 18.9 Å². The van der Waals surface area contributed by atoms with Gasteiger partial charge < -0.3 is 34.1 Å². The maximum Gasteiger partial charge on any atom is 0.253 e. The lowest BCUT2D eigenvalue weighted by molar-refractivity contribution is 0.113. The first kappa shape index (κ1) is 22.5. The monoisotopic (exact) mass is 481 g/mol. The SMILES string of the molecule is COc1ccc2[nH]c(=O)c(CN(Cc3ccc4c(c3)OCO4)C(=S)NCC3CCCO3)cc2c1. The number of benzene rings is 2. The van der Waals surface area contributed by atoms with E-state index < -0.39 is 0 Å². The van der Waals surface area contributed by atoms with Crippen molar-refractivity contribution in [2.75, 3.05) is 27.1 Å². The maximum atomic E-state index is 12.9. The summed E-state index contributed by atoms with van der Waals surface area (Å²) in [5, 5.41) is 4.80. The van der Waals surface area contributed by atoms with Gasteiger partial charge in [-0.25, -0.2) is 0 Å². The van der Waals surface area contributed by atoms with Crippen molar-refractivity contribution in [2.45, 2.75) is 32.0 Å². The van der Waals surface area contributed by atoms with Gasteiger partial charge in [-0.2, -0.15) is 0 Å². The molecule has 1 saturated heterocycles. The maximum absolute atomic E-state index is 12.9. The van der Waals surface area contributed by atoms with E-state index in [-0.39, 0.29) is 18.5 Å². The van der Waals surface area contributed by atoms with E-state index in [9.17, 15) is 4.79 Å². The summed E-state index contributed by atoms with van der Waals surface area (Å²) in [7, 11) is 1.62. The molecule has 0 spiro atoms. The fourth-order valence-corrected chi connectivity index (χ4v) is 4.47. The fourth-order valence-electron chi connectivity index (χ4n) is 4.26. The number of hydrogen-bond acceptors (Lipinski definition) is 6. The van der Waals surface area contributed by atoms with Gasteiger partial charge in [0.05, 0.1) is 19.8 Å². The molecule has 1 unspecified atom stereocenters. The third-order valence-electron chi connectivity index (χ3n) is 6.09. The molecule has 0 saturated carbocycles. The van der Waals surface area contributed by atoms with E-state index in [1.807, 2.05) is 47.4 Å². The number of rotatable bonds is 7. The van der Waals surface area contributed by atoms with Crippen LogP contribution in [0.1, 0.15) is 24.0 Å². The number of pyridine rings is 1. The number of aromatic amines is 1. The van der Waals surface area contributed by atoms with Crippen molar-refractivity contribution in [3.8, 4) is 17.2 Å². The van der Waals surface area contributed by atoms with Crippen molar-refractivity contribution in [2.24, 2.45) is 0 Å². The fraction of sp³-hybridized carbons (Fsp3) is 0.360. The van der Waals surface area contributed by atoms with Gasteiger partial charge in [-0.05, 0) is 67.0 Å². The van der Waals surface area contributed by atoms with Crippen molar-refractivity contribution in [1.29, 1.82) is 0 Å². The molecule has 8 nitrogen and oxygen atoms in total. The Labute approximate surface area is 202 Å². The van der Waals surface area contributed by atoms with E-state index in [1.165, 1.54) is 0 Å². The molecule has 1 aromatic heterocycles. The van der Waals surface area contributed by atoms with Crippen molar-refractivity contribution in [1.82, 2.24) is 15.2 Å². The molecule has 9 heteroatoms. The molecule has 2 aliphatic rings. The number of methoxy groups -OCH3 is 1. The normalized spacial score (nSPS) is 16.6. The minimum Gasteiger partial charge on any atom is -0.497 e. The lowest BCUT2D eigenvalue weighted by Crippen LogP contribution is -2.42. The van der Waals surface area contributed by atoms with Gasteiger partial charge in [0.2, 0.25) is 6.79 Å². The molecule has 1 atom stereocenters. The van der Waals surface area contributed by atoms with Crippen LogP contribution in [0, 0.1) is 0 Å². The molecule has 34 heavy (non-hydrogen) atoms. The summed E-state index contributed by atoms with van der Waals surface area (Å²) in [5.41, 5.74) is 2.23. The summed E-state index contributed by atoms with van der Waals surface area (Å²) in [5.74, 6) is 2.18. The van der Waals surface area contributed by atoms with E-state index >= 15 is 0 Å². The molecule has 2 N–H and O–H groups in total. The number of H-pyrrole nitrogens is 1. The van der Waals surface area contributed by atoms with E-state index in [2.05, 4.69) is 10.3 Å². The van der Waals surface area contributed by atoms with Crippen molar-refractivity contribution >= 4 is 28.2 Å². The average molecular weight is 482 g/mol. The van der Waals surface area contributed by atoms with Crippen LogP contribution in [0.3, 0.4) is 0 Å². The number of ether oxygens (including phenoxy) is 4. The van der Waals surface area contributed by atoms with Gasteiger partial charge in [-0.1, -0.05) is 6.07 Å². The van der Waals surface area contributed by atoms with Crippen LogP contribution in [0.4, 0.5) is 0 Å². The van der Waals surface area contributed by atoms with Crippen LogP contribution in [0.25, 0.3) is 10.9 Å². The summed E-state index contributed by atoms with van der Waals surface area (Å²) >= 11 is 5.76. The van der Waals surface area contributed by atoms with Gasteiger partial charge in [-0.3, -0.25) is 4.79 Å². The van der Waals surface area contributed by atoms with Crippen molar-refractivity contribution in [3.63, 3.8) is 0 Å². The average Bonchev–Trinajstić information content (AvgIpc) is 3.54. The molecule has 0 aliphatic carbocycles.